The van der Waals surface area contributed by atoms with Gasteiger partial charge in [0.15, 0.2) is 0 Å². The highest BCUT2D eigenvalue weighted by atomic mass is 31.3. The molecule has 46 heteroatoms. The first-order chi connectivity index (χ1) is 69.9. The van der Waals surface area contributed by atoms with Gasteiger partial charge in [-0.2, -0.15) is 0 Å². The van der Waals surface area contributed by atoms with Crippen LogP contribution in [0.2, 0.25) is 0 Å². The fraction of sp³-hybridized carbons (Fsp3) is 0. The summed E-state index contributed by atoms with van der Waals surface area (Å²) in [5, 5.41) is 0. The maximum atomic E-state index is 8.19. The van der Waals surface area contributed by atoms with E-state index in [9.17, 15) is 0 Å². The van der Waals surface area contributed by atoms with Crippen molar-refractivity contribution < 1.29 is 5.48 Å². The number of aromatic nitrogens is 24. The van der Waals surface area contributed by atoms with E-state index in [1.165, 1.54) is 0 Å². The normalized spacial score (nSPS) is 11.9. The summed E-state index contributed by atoms with van der Waals surface area (Å²) in [7, 11) is -27.2. The maximum absolute atomic E-state index is 8.19. The van der Waals surface area contributed by atoms with Crippen LogP contribution in [0.4, 0.5) is 0 Å². The summed E-state index contributed by atoms with van der Waals surface area (Å²) in [6.07, 6.45) is 99.0. The Balaban J connectivity index is 0.0000112. The molecule has 0 unspecified atom stereocenters. The standard InChI is InChI=1S/C96H96N40P5.H2O/c1-2-50-101(49-1)125(102-51-3-4-52-102)138(126(103-53-5-6-54-103)104-55-7-8-56-104,127(105-57-9-10-58-105)106-59-11-12-60-106)97-137(98-139(128(107-61-13-14-62-107)108-63-15-16-64-108,129(109-65-17-18-66-109)110-67-19-20-68-110)130(111-69-21-22-70-111)112-71-23-24-72-112,99-140(131(113-73-25-26-74-113)114-75-27-28-76-114,132(115-77-29-30-78-115)116-79-31-32-80-116)133(117-81-33-34-82-117)118-83-35-36-84-118)100-141(134(119-85-37-38-86-119)120-87-39-40-88-120,135(121-89-41-42-90-121)122-91-43-44-92-122)136(123-93-45-46-94-123)124-95-47-48-96-124;/h1-96H;1H2/q+1;/p-1. The SMILES string of the molecule is [OH-].c1ccn(N(n2cccc2)P(=N[P+](N=P(N(n2cccc2)n2cccc2)(N(n2cccc2)n2cccc2)N(n2cccc2)n2cccc2)(N=P(N(n2cccc2)n2cccc2)(N(n2cccc2)n2cccc2)N(n2cccc2)n2cccc2)N=P(N(n2cccc2)n2cccc2)(N(n2cccc2)n2cccc2)N(n2cccc2)n2cccc2)(N(n2cccc2)n2cccc2)N(n2cccc2)n2cccc2)c1. The van der Waals surface area contributed by atoms with Gasteiger partial charge in [0, 0.05) is 316 Å². The lowest BCUT2D eigenvalue weighted by Crippen LogP contribution is -2.57. The first kappa shape index (κ1) is 87.7. The molecule has 0 saturated carbocycles. The van der Waals surface area contributed by atoms with Crippen LogP contribution in [-0.2, 0) is 0 Å². The lowest BCUT2D eigenvalue weighted by atomic mass is 10.7. The second kappa shape index (κ2) is 37.6. The molecule has 0 spiro atoms. The molecule has 24 aromatic heterocycles. The average Bonchev–Trinajstić information content (AvgIpc) is 1.29. The molecule has 712 valence electrons. The van der Waals surface area contributed by atoms with Crippen LogP contribution in [-0.4, -0.2) is 118 Å². The fourth-order valence-corrected chi connectivity index (χ4v) is 40.1. The highest BCUT2D eigenvalue weighted by molar-refractivity contribution is 7.92. The summed E-state index contributed by atoms with van der Waals surface area (Å²) < 4.78 is 83.3. The molecular weight excluding hydrogens is 1880 g/mol. The lowest BCUT2D eigenvalue weighted by Gasteiger charge is -2.51. The Morgan fingerprint density at radius 1 is 0.0986 bits per heavy atom. The van der Waals surface area contributed by atoms with Crippen LogP contribution in [0.1, 0.15) is 0 Å². The molecule has 0 saturated heterocycles. The van der Waals surface area contributed by atoms with Crippen molar-refractivity contribution in [1.29, 1.82) is 0 Å². The van der Waals surface area contributed by atoms with Crippen molar-refractivity contribution in [3.8, 4) is 0 Å². The van der Waals surface area contributed by atoms with Crippen molar-refractivity contribution in [2.24, 2.45) is 18.1 Å². The number of hydrogen-bond donors (Lipinski definition) is 0. The van der Waals surface area contributed by atoms with Gasteiger partial charge in [-0.05, 0) is 291 Å². The minimum absolute atomic E-state index is 0. The van der Waals surface area contributed by atoms with Crippen molar-refractivity contribution in [2.75, 3.05) is 58.7 Å². The number of nitrogens with zero attached hydrogens (tertiary/aromatic N) is 40. The van der Waals surface area contributed by atoms with Gasteiger partial charge in [0.25, 0.3) is 0 Å². The molecule has 0 radical (unpaired) electrons. The molecule has 0 fully saturated rings. The maximum Gasteiger partial charge on any atom is 0.510 e. The largest absolute Gasteiger partial charge is 0.870 e. The van der Waals surface area contributed by atoms with Gasteiger partial charge < -0.3 is 5.48 Å². The van der Waals surface area contributed by atoms with Crippen molar-refractivity contribution >= 4 is 37.9 Å². The minimum Gasteiger partial charge on any atom is -0.870 e. The Labute approximate surface area is 816 Å². The number of hydrogen-bond acceptors (Lipinski definition) is 5. The minimum atomic E-state index is -6.19. The van der Waals surface area contributed by atoms with E-state index in [0.717, 1.165) is 0 Å². The summed E-state index contributed by atoms with van der Waals surface area (Å²) in [5.41, 5.74) is 0. The molecule has 0 aliphatic heterocycles. The van der Waals surface area contributed by atoms with Gasteiger partial charge in [-0.1, -0.05) is 0 Å². The van der Waals surface area contributed by atoms with Crippen LogP contribution < -0.4 is 58.7 Å². The Kier molecular flexibility index (Phi) is 23.2. The first-order valence-corrected chi connectivity index (χ1v) is 53.2. The predicted octanol–water partition coefficient (Wildman–Crippen LogP) is 18.7. The van der Waals surface area contributed by atoms with E-state index in [-0.39, 0.29) is 5.48 Å². The Bertz CT molecular complexity index is 5900. The van der Waals surface area contributed by atoms with Gasteiger partial charge in [-0.3, -0.25) is 0 Å². The third kappa shape index (κ3) is 15.2. The van der Waals surface area contributed by atoms with Gasteiger partial charge >= 0.3 is 37.9 Å². The third-order valence-corrected chi connectivity index (χ3v) is 41.3. The van der Waals surface area contributed by atoms with E-state index < -0.39 is 37.9 Å². The van der Waals surface area contributed by atoms with E-state index in [1.54, 1.807) is 0 Å². The smallest absolute Gasteiger partial charge is 0.510 e. The van der Waals surface area contributed by atoms with Crippen molar-refractivity contribution in [1.82, 2.24) is 112 Å². The average molecular weight is 1980 g/mol. The predicted molar refractivity (Wildman–Crippen MR) is 556 cm³/mol. The highest BCUT2D eigenvalue weighted by Crippen LogP contribution is 2.87. The van der Waals surface area contributed by atoms with Gasteiger partial charge in [0.2, 0.25) is 0 Å². The van der Waals surface area contributed by atoms with Crippen LogP contribution >= 0.6 is 37.9 Å². The molecule has 41 nitrogen and oxygen atoms in total. The molecule has 1 N–H and O–H groups in total. The summed E-state index contributed by atoms with van der Waals surface area (Å²) in [6, 6.07) is 98.0. The van der Waals surface area contributed by atoms with E-state index >= 15 is 0 Å². The second-order valence-corrected chi connectivity index (χ2v) is 44.3. The molecular formula is C96H97N40OP5. The van der Waals surface area contributed by atoms with Gasteiger partial charge in [0.05, 0.1) is 0 Å². The zero-order valence-electron chi connectivity index (χ0n) is 76.0. The molecule has 0 aliphatic carbocycles. The van der Waals surface area contributed by atoms with Crippen molar-refractivity contribution in [3.63, 3.8) is 0 Å². The first-order valence-electron chi connectivity index (χ1n) is 45.2. The molecule has 24 rings (SSSR count). The quantitative estimate of drug-likeness (QED) is 0.0325. The molecule has 0 amide bonds. The molecule has 0 atom stereocenters. The third-order valence-electron chi connectivity index (χ3n) is 22.9. The molecule has 0 aromatic carbocycles. The Morgan fingerprint density at radius 2 is 0.148 bits per heavy atom. The number of rotatable bonds is 40. The van der Waals surface area contributed by atoms with Crippen molar-refractivity contribution in [2.45, 2.75) is 0 Å². The molecule has 142 heavy (non-hydrogen) atoms. The van der Waals surface area contributed by atoms with Crippen LogP contribution in [0.25, 0.3) is 0 Å². The Hall–Kier alpha value is -18.4. The van der Waals surface area contributed by atoms with Gasteiger partial charge in [0.1, 0.15) is 0 Å². The summed E-state index contributed by atoms with van der Waals surface area (Å²) in [6.45, 7) is 0. The topological polar surface area (TPSA) is 237 Å². The summed E-state index contributed by atoms with van der Waals surface area (Å²) in [5.74, 6) is 0. The van der Waals surface area contributed by atoms with Crippen LogP contribution in [0.15, 0.2) is 607 Å². The van der Waals surface area contributed by atoms with Crippen LogP contribution in [0, 0.1) is 0 Å². The van der Waals surface area contributed by atoms with Crippen LogP contribution in [0.5, 0.6) is 0 Å². The lowest BCUT2D eigenvalue weighted by molar-refractivity contribution is 0.556. The monoisotopic (exact) mass is 1980 g/mol. The molecule has 0 bridgehead atoms. The zero-order valence-corrected chi connectivity index (χ0v) is 80.5. The zero-order chi connectivity index (χ0) is 94.0. The van der Waals surface area contributed by atoms with Crippen molar-refractivity contribution in [3.05, 3.63) is 589 Å². The molecule has 24 aromatic rings. The Morgan fingerprint density at radius 3 is 0.197 bits per heavy atom. The van der Waals surface area contributed by atoms with Crippen LogP contribution in [0.3, 0.4) is 0 Å². The molecule has 0 aliphatic rings. The molecule has 24 heterocycles. The highest BCUT2D eigenvalue weighted by Gasteiger charge is 2.68. The van der Waals surface area contributed by atoms with E-state index in [1.807, 2.05) is 291 Å². The van der Waals surface area contributed by atoms with E-state index in [4.69, 9.17) is 18.1 Å². The fourth-order valence-electron chi connectivity index (χ4n) is 17.5. The summed E-state index contributed by atoms with van der Waals surface area (Å²) in [4.78, 5) is 26.9. The van der Waals surface area contributed by atoms with Gasteiger partial charge in [-0.15, -0.1) is 58.7 Å². The second-order valence-electron chi connectivity index (χ2n) is 31.8. The van der Waals surface area contributed by atoms with E-state index in [2.05, 4.69) is 468 Å². The summed E-state index contributed by atoms with van der Waals surface area (Å²) >= 11 is 0. The van der Waals surface area contributed by atoms with Gasteiger partial charge in [-0.25, -0.2) is 112 Å². The van der Waals surface area contributed by atoms with E-state index in [0.29, 0.717) is 0 Å².